The average Bonchev–Trinajstić information content (AvgIpc) is 2.74. The third-order valence-electron chi connectivity index (χ3n) is 6.26. The summed E-state index contributed by atoms with van der Waals surface area (Å²) < 4.78 is 15.7. The molecular weight excluding hydrogens is 424 g/mol. The van der Waals surface area contributed by atoms with Crippen LogP contribution in [0.15, 0.2) is 24.3 Å². The molecule has 0 amide bonds. The van der Waals surface area contributed by atoms with Crippen molar-refractivity contribution >= 4 is 12.1 Å². The van der Waals surface area contributed by atoms with Crippen LogP contribution in [-0.2, 0) is 19.9 Å². The highest BCUT2D eigenvalue weighted by molar-refractivity contribution is 5.82. The number of hydrogen-bond donors (Lipinski definition) is 2. The third kappa shape index (κ3) is 7.98. The maximum Gasteiger partial charge on any atom is 0.516 e. The molecule has 1 aliphatic carbocycles. The van der Waals surface area contributed by atoms with Crippen LogP contribution < -0.4 is 10.5 Å². The van der Waals surface area contributed by atoms with Crippen LogP contribution in [0.2, 0.25) is 0 Å². The van der Waals surface area contributed by atoms with E-state index in [1.54, 1.807) is 7.11 Å². The van der Waals surface area contributed by atoms with Crippen LogP contribution in [0.5, 0.6) is 5.75 Å². The number of nitrogens with zero attached hydrogens (tertiary/aromatic N) is 1. The maximum atomic E-state index is 12.3. The molecule has 0 bridgehead atoms. The molecule has 0 radical (unpaired) electrons. The van der Waals surface area contributed by atoms with Crippen LogP contribution in [0.3, 0.4) is 0 Å². The summed E-state index contributed by atoms with van der Waals surface area (Å²) in [5.74, 6) is 0.308. The smallest absolute Gasteiger partial charge is 0.497 e. The fourth-order valence-corrected chi connectivity index (χ4v) is 4.73. The Labute approximate surface area is 197 Å². The molecule has 8 heteroatoms. The lowest BCUT2D eigenvalue weighted by Gasteiger charge is -2.44. The van der Waals surface area contributed by atoms with Gasteiger partial charge in [0.2, 0.25) is 0 Å². The first-order valence-electron chi connectivity index (χ1n) is 11.7. The van der Waals surface area contributed by atoms with Crippen LogP contribution in [-0.4, -0.2) is 62.5 Å². The first-order valence-corrected chi connectivity index (χ1v) is 11.7. The van der Waals surface area contributed by atoms with Crippen molar-refractivity contribution in [1.29, 1.82) is 0 Å². The van der Waals surface area contributed by atoms with Crippen LogP contribution in [0.4, 0.5) is 4.79 Å². The molecule has 1 fully saturated rings. The van der Waals surface area contributed by atoms with Gasteiger partial charge in [0.15, 0.2) is 0 Å². The van der Waals surface area contributed by atoms with E-state index in [0.717, 1.165) is 6.42 Å². The fourth-order valence-electron chi connectivity index (χ4n) is 4.73. The van der Waals surface area contributed by atoms with E-state index in [1.807, 2.05) is 43.3 Å². The van der Waals surface area contributed by atoms with E-state index in [-0.39, 0.29) is 24.7 Å². The second-order valence-corrected chi connectivity index (χ2v) is 9.80. The molecule has 0 saturated heterocycles. The van der Waals surface area contributed by atoms with Crippen LogP contribution in [0.25, 0.3) is 0 Å². The van der Waals surface area contributed by atoms with Gasteiger partial charge in [-0.2, -0.15) is 0 Å². The number of nitrogens with two attached hydrogens (primary N) is 1. The van der Waals surface area contributed by atoms with Crippen LogP contribution in [0.1, 0.15) is 51.5 Å². The summed E-state index contributed by atoms with van der Waals surface area (Å²) >= 11 is 0. The minimum Gasteiger partial charge on any atom is -0.497 e. The minimum atomic E-state index is -1.21. The normalized spacial score (nSPS) is 23.9. The summed E-state index contributed by atoms with van der Waals surface area (Å²) in [5, 5.41) is 11.8. The molecule has 4 atom stereocenters. The Hall–Kier alpha value is -2.16. The number of aliphatic hydroxyl groups is 1. The zero-order valence-corrected chi connectivity index (χ0v) is 20.6. The molecule has 0 spiro atoms. The van der Waals surface area contributed by atoms with E-state index in [2.05, 4.69) is 13.8 Å². The topological polar surface area (TPSA) is 111 Å². The molecular formula is C25H40N2O6. The van der Waals surface area contributed by atoms with Gasteiger partial charge in [0.25, 0.3) is 0 Å². The van der Waals surface area contributed by atoms with Gasteiger partial charge in [-0.3, -0.25) is 4.79 Å². The van der Waals surface area contributed by atoms with E-state index in [0.29, 0.717) is 43.2 Å². The van der Waals surface area contributed by atoms with Gasteiger partial charge in [-0.1, -0.05) is 26.0 Å². The molecule has 2 rings (SSSR count). The van der Waals surface area contributed by atoms with Gasteiger partial charge in [-0.15, -0.1) is 0 Å². The van der Waals surface area contributed by atoms with Gasteiger partial charge in [-0.05, 0) is 69.4 Å². The molecule has 33 heavy (non-hydrogen) atoms. The average molecular weight is 465 g/mol. The van der Waals surface area contributed by atoms with Crippen molar-refractivity contribution < 1.29 is 28.9 Å². The van der Waals surface area contributed by atoms with Gasteiger partial charge < -0.3 is 30.0 Å². The summed E-state index contributed by atoms with van der Waals surface area (Å²) in [6, 6.07) is 7.33. The Balaban J connectivity index is 2.06. The lowest BCUT2D eigenvalue weighted by molar-refractivity contribution is -0.144. The summed E-state index contributed by atoms with van der Waals surface area (Å²) in [6.45, 7) is 5.14. The number of methoxy groups -OCH3 is 1. The van der Waals surface area contributed by atoms with Crippen molar-refractivity contribution in [3.8, 4) is 5.75 Å². The highest BCUT2D eigenvalue weighted by atomic mass is 16.7. The van der Waals surface area contributed by atoms with E-state index in [1.165, 1.54) is 0 Å². The predicted molar refractivity (Wildman–Crippen MR) is 126 cm³/mol. The van der Waals surface area contributed by atoms with Crippen LogP contribution >= 0.6 is 0 Å². The molecule has 186 valence electrons. The van der Waals surface area contributed by atoms with Crippen molar-refractivity contribution in [2.24, 2.45) is 23.5 Å². The summed E-state index contributed by atoms with van der Waals surface area (Å²) in [4.78, 5) is 26.5. The first kappa shape index (κ1) is 27.1. The molecule has 1 aromatic rings. The van der Waals surface area contributed by atoms with Gasteiger partial charge in [0, 0.05) is 18.9 Å². The van der Waals surface area contributed by atoms with E-state index < -0.39 is 23.8 Å². The van der Waals surface area contributed by atoms with Crippen LogP contribution in [0, 0.1) is 17.8 Å². The number of rotatable bonds is 10. The van der Waals surface area contributed by atoms with Crippen molar-refractivity contribution in [2.75, 3.05) is 34.3 Å². The summed E-state index contributed by atoms with van der Waals surface area (Å²) in [6.07, 6.45) is 0.705. The molecule has 0 heterocycles. The predicted octanol–water partition coefficient (Wildman–Crippen LogP) is 3.30. The monoisotopic (exact) mass is 464 g/mol. The Bertz CT molecular complexity index is 784. The lowest BCUT2D eigenvalue weighted by Crippen LogP contribution is -2.47. The van der Waals surface area contributed by atoms with Gasteiger partial charge in [0.05, 0.1) is 19.1 Å². The van der Waals surface area contributed by atoms with Crippen molar-refractivity contribution in [3.05, 3.63) is 29.8 Å². The summed E-state index contributed by atoms with van der Waals surface area (Å²) in [5.41, 5.74) is 5.24. The van der Waals surface area contributed by atoms with Crippen molar-refractivity contribution in [2.45, 2.75) is 57.7 Å². The van der Waals surface area contributed by atoms with Crippen molar-refractivity contribution in [1.82, 2.24) is 4.90 Å². The number of hydrogen-bond acceptors (Lipinski definition) is 8. The molecule has 8 nitrogen and oxygen atoms in total. The molecule has 0 aliphatic heterocycles. The van der Waals surface area contributed by atoms with Crippen molar-refractivity contribution in [3.63, 3.8) is 0 Å². The molecule has 4 unspecified atom stereocenters. The zero-order chi connectivity index (χ0) is 24.6. The standard InChI is InChI=1S/C25H40N2O6/c1-17(2)11-18(15-26)12-23(28)33-24(29)32-22-10-9-20(16-27(3)4)25(30,14-22)19-7-6-8-21(13-19)31-5/h6-8,13,17-18,20,22,30H,9-12,14-16,26H2,1-5H3. The lowest BCUT2D eigenvalue weighted by atomic mass is 9.70. The summed E-state index contributed by atoms with van der Waals surface area (Å²) in [7, 11) is 5.51. The molecule has 3 N–H and O–H groups in total. The molecule has 1 aromatic carbocycles. The first-order chi connectivity index (χ1) is 15.6. The highest BCUT2D eigenvalue weighted by Crippen LogP contribution is 2.44. The molecule has 0 aromatic heterocycles. The quantitative estimate of drug-likeness (QED) is 0.401. The number of carbonyl (C=O) groups is 2. The number of benzene rings is 1. The fraction of sp³-hybridized carbons (Fsp3) is 0.680. The zero-order valence-electron chi connectivity index (χ0n) is 20.6. The number of carbonyl (C=O) groups excluding carboxylic acids is 2. The number of ether oxygens (including phenoxy) is 3. The SMILES string of the molecule is COc1cccc(C2(O)CC(OC(=O)OC(=O)CC(CN)CC(C)C)CCC2CN(C)C)c1. The number of esters is 1. The Kier molecular flexibility index (Phi) is 10.1. The van der Waals surface area contributed by atoms with E-state index >= 15 is 0 Å². The van der Waals surface area contributed by atoms with Gasteiger partial charge >= 0.3 is 12.1 Å². The van der Waals surface area contributed by atoms with E-state index in [9.17, 15) is 14.7 Å². The Morgan fingerprint density at radius 3 is 2.61 bits per heavy atom. The Morgan fingerprint density at radius 2 is 2.00 bits per heavy atom. The second-order valence-electron chi connectivity index (χ2n) is 9.80. The maximum absolute atomic E-state index is 12.3. The minimum absolute atomic E-state index is 0.0371. The third-order valence-corrected chi connectivity index (χ3v) is 6.26. The molecule has 1 aliphatic rings. The highest BCUT2D eigenvalue weighted by Gasteiger charge is 2.45. The second kappa shape index (κ2) is 12.3. The molecule has 1 saturated carbocycles. The van der Waals surface area contributed by atoms with Gasteiger partial charge in [-0.25, -0.2) is 4.79 Å². The van der Waals surface area contributed by atoms with Gasteiger partial charge in [0.1, 0.15) is 11.9 Å². The van der Waals surface area contributed by atoms with E-state index in [4.69, 9.17) is 19.9 Å². The Morgan fingerprint density at radius 1 is 1.27 bits per heavy atom. The largest absolute Gasteiger partial charge is 0.516 e.